The topological polar surface area (TPSA) is 327 Å². The van der Waals surface area contributed by atoms with E-state index in [4.69, 9.17) is 17.2 Å². The number of carbonyl (C=O) groups excluding carboxylic acids is 7. The van der Waals surface area contributed by atoms with Crippen molar-refractivity contribution in [3.05, 3.63) is 90.1 Å². The van der Waals surface area contributed by atoms with Crippen molar-refractivity contribution >= 4 is 58.2 Å². The average Bonchev–Trinajstić information content (AvgIpc) is 3.89. The maximum absolute atomic E-state index is 14.3. The van der Waals surface area contributed by atoms with E-state index in [0.29, 0.717) is 16.8 Å². The number of aromatic nitrogens is 3. The SMILES string of the molecule is NC(=O)[C@@H]1CCC(=O)NCCC(=O)N[C@@H](Cc2cnc[nH]2)C(=O)N[C@H](Cc2ccccc2)C(=O)N[C@@H](CCCN=C(N)N)C(=O)N[C@@H](Cc2c[nH]c3ccccc23)C(=O)N1. The van der Waals surface area contributed by atoms with Crippen molar-refractivity contribution in [3.8, 4) is 0 Å². The largest absolute Gasteiger partial charge is 0.370 e. The van der Waals surface area contributed by atoms with Gasteiger partial charge in [0.25, 0.3) is 0 Å². The van der Waals surface area contributed by atoms with Crippen LogP contribution in [0.15, 0.2) is 78.3 Å². The van der Waals surface area contributed by atoms with Crippen molar-refractivity contribution in [2.45, 2.75) is 81.6 Å². The highest BCUT2D eigenvalue weighted by Crippen LogP contribution is 2.20. The first-order valence-electron chi connectivity index (χ1n) is 19.5. The van der Waals surface area contributed by atoms with E-state index in [1.807, 2.05) is 24.3 Å². The molecular weight excluding hydrogens is 775 g/mol. The molecule has 4 aromatic rings. The lowest BCUT2D eigenvalue weighted by atomic mass is 10.0. The van der Waals surface area contributed by atoms with E-state index in [1.54, 1.807) is 36.5 Å². The second-order valence-corrected chi connectivity index (χ2v) is 14.4. The number of imidazole rings is 1. The zero-order valence-electron chi connectivity index (χ0n) is 32.9. The van der Waals surface area contributed by atoms with Gasteiger partial charge >= 0.3 is 0 Å². The predicted molar refractivity (Wildman–Crippen MR) is 220 cm³/mol. The smallest absolute Gasteiger partial charge is 0.243 e. The molecule has 5 atom stereocenters. The summed E-state index contributed by atoms with van der Waals surface area (Å²) in [6, 6.07) is 9.86. The van der Waals surface area contributed by atoms with Gasteiger partial charge in [-0.1, -0.05) is 48.5 Å². The van der Waals surface area contributed by atoms with Crippen LogP contribution in [-0.2, 0) is 52.8 Å². The summed E-state index contributed by atoms with van der Waals surface area (Å²) >= 11 is 0. The summed E-state index contributed by atoms with van der Waals surface area (Å²) in [5, 5.41) is 16.9. The lowest BCUT2D eigenvalue weighted by Crippen LogP contribution is -2.59. The van der Waals surface area contributed by atoms with Crippen LogP contribution < -0.4 is 49.1 Å². The van der Waals surface area contributed by atoms with Crippen molar-refractivity contribution in [1.29, 1.82) is 0 Å². The van der Waals surface area contributed by atoms with Crippen LogP contribution in [0.5, 0.6) is 0 Å². The van der Waals surface area contributed by atoms with E-state index >= 15 is 0 Å². The summed E-state index contributed by atoms with van der Waals surface area (Å²) in [6.07, 6.45) is 4.10. The minimum absolute atomic E-state index is 0.000684. The van der Waals surface area contributed by atoms with Gasteiger partial charge in [-0.15, -0.1) is 0 Å². The molecule has 20 heteroatoms. The first-order valence-corrected chi connectivity index (χ1v) is 19.5. The van der Waals surface area contributed by atoms with Gasteiger partial charge in [0.05, 0.1) is 6.33 Å². The molecule has 1 aliphatic heterocycles. The number of primary amides is 1. The summed E-state index contributed by atoms with van der Waals surface area (Å²) in [5.41, 5.74) is 19.4. The highest BCUT2D eigenvalue weighted by atomic mass is 16.2. The van der Waals surface area contributed by atoms with Crippen LogP contribution in [-0.4, -0.2) is 106 Å². The minimum atomic E-state index is -1.31. The Balaban J connectivity index is 1.51. The number of H-pyrrole nitrogens is 2. The van der Waals surface area contributed by atoms with E-state index in [2.05, 4.69) is 51.8 Å². The molecule has 20 nitrogen and oxygen atoms in total. The Morgan fingerprint density at radius 1 is 0.700 bits per heavy atom. The van der Waals surface area contributed by atoms with Crippen molar-refractivity contribution in [1.82, 2.24) is 46.9 Å². The molecule has 0 radical (unpaired) electrons. The summed E-state index contributed by atoms with van der Waals surface area (Å²) in [6.45, 7) is -0.00668. The van der Waals surface area contributed by atoms with E-state index in [0.717, 1.165) is 10.9 Å². The molecule has 0 saturated carbocycles. The number of hydrogen-bond donors (Lipinski definition) is 11. The normalized spacial score (nSPS) is 21.6. The van der Waals surface area contributed by atoms with Crippen LogP contribution in [0.1, 0.15) is 48.9 Å². The lowest BCUT2D eigenvalue weighted by molar-refractivity contribution is -0.135. The third kappa shape index (κ3) is 13.1. The van der Waals surface area contributed by atoms with Gasteiger partial charge in [0.2, 0.25) is 41.4 Å². The second kappa shape index (κ2) is 21.5. The summed E-state index contributed by atoms with van der Waals surface area (Å²) < 4.78 is 0. The maximum Gasteiger partial charge on any atom is 0.243 e. The second-order valence-electron chi connectivity index (χ2n) is 14.4. The van der Waals surface area contributed by atoms with Crippen LogP contribution in [0.25, 0.3) is 10.9 Å². The average molecular weight is 826 g/mol. The molecule has 1 saturated heterocycles. The number of amides is 7. The molecule has 1 fully saturated rings. The van der Waals surface area contributed by atoms with Crippen LogP contribution in [0.4, 0.5) is 0 Å². The first-order chi connectivity index (χ1) is 28.9. The van der Waals surface area contributed by atoms with Gasteiger partial charge in [-0.3, -0.25) is 38.6 Å². The number of hydrogen-bond acceptors (Lipinski definition) is 9. The number of para-hydroxylation sites is 1. The van der Waals surface area contributed by atoms with Gasteiger partial charge in [0, 0.05) is 74.2 Å². The first kappa shape index (κ1) is 43.9. The van der Waals surface area contributed by atoms with Crippen LogP contribution >= 0.6 is 0 Å². The molecular formula is C40H51N13O7. The van der Waals surface area contributed by atoms with Gasteiger partial charge in [-0.05, 0) is 36.5 Å². The number of aromatic amines is 2. The van der Waals surface area contributed by atoms with E-state index < -0.39 is 71.6 Å². The molecule has 0 spiro atoms. The minimum Gasteiger partial charge on any atom is -0.370 e. The Labute approximate surface area is 345 Å². The highest BCUT2D eigenvalue weighted by Gasteiger charge is 2.33. The Morgan fingerprint density at radius 2 is 1.35 bits per heavy atom. The molecule has 0 aliphatic carbocycles. The fraction of sp³-hybridized carbons (Fsp3) is 0.375. The molecule has 14 N–H and O–H groups in total. The number of nitrogens with one attached hydrogen (secondary N) is 8. The van der Waals surface area contributed by atoms with E-state index in [9.17, 15) is 33.6 Å². The standard InChI is InChI=1S/C40H51N13O7/c41-35(56)28-12-13-33(54)45-16-14-34(55)49-32(19-25-21-44-22-48-25)39(60)52-30(17-23-7-2-1-3-8-23)37(58)51-29(11-6-15-46-40(42)43)36(57)53-31(38(59)50-28)18-24-20-47-27-10-5-4-9-26(24)27/h1-5,7-10,20-22,28-32,47H,6,11-19H2,(H2,41,56)(H,44,48)(H,45,54)(H,49,55)(H,50,59)(H,51,58)(H,52,60)(H,53,57)(H4,42,43,46)/t28-,29-,30+,31-,32-/m0/s1. The third-order valence-corrected chi connectivity index (χ3v) is 9.85. The van der Waals surface area contributed by atoms with Crippen molar-refractivity contribution in [2.24, 2.45) is 22.2 Å². The van der Waals surface area contributed by atoms with Gasteiger partial charge < -0.3 is 59.1 Å². The van der Waals surface area contributed by atoms with Gasteiger partial charge in [0.15, 0.2) is 5.96 Å². The molecule has 0 bridgehead atoms. The number of aliphatic imine (C=N–C) groups is 1. The number of rotatable bonds is 11. The molecule has 1 aliphatic rings. The molecule has 5 rings (SSSR count). The van der Waals surface area contributed by atoms with Crippen LogP contribution in [0.3, 0.4) is 0 Å². The zero-order chi connectivity index (χ0) is 43.0. The van der Waals surface area contributed by atoms with Crippen molar-refractivity contribution in [3.63, 3.8) is 0 Å². The zero-order valence-corrected chi connectivity index (χ0v) is 32.9. The lowest BCUT2D eigenvalue weighted by Gasteiger charge is -2.27. The summed E-state index contributed by atoms with van der Waals surface area (Å²) in [4.78, 5) is 109. The third-order valence-electron chi connectivity index (χ3n) is 9.85. The molecule has 3 heterocycles. The number of nitrogens with two attached hydrogens (primary N) is 3. The van der Waals surface area contributed by atoms with Crippen molar-refractivity contribution < 1.29 is 33.6 Å². The van der Waals surface area contributed by atoms with Crippen molar-refractivity contribution in [2.75, 3.05) is 13.1 Å². The van der Waals surface area contributed by atoms with Crippen LogP contribution in [0.2, 0.25) is 0 Å². The Morgan fingerprint density at radius 3 is 2.05 bits per heavy atom. The predicted octanol–water partition coefficient (Wildman–Crippen LogP) is -1.82. The van der Waals surface area contributed by atoms with Gasteiger partial charge in [-0.2, -0.15) is 0 Å². The molecule has 2 aromatic heterocycles. The summed E-state index contributed by atoms with van der Waals surface area (Å²) in [7, 11) is 0. The van der Waals surface area contributed by atoms with Gasteiger partial charge in [-0.25, -0.2) is 4.98 Å². The molecule has 2 aromatic carbocycles. The number of carbonyl (C=O) groups is 7. The molecule has 0 unspecified atom stereocenters. The molecule has 60 heavy (non-hydrogen) atoms. The quantitative estimate of drug-likeness (QED) is 0.0457. The Kier molecular flexibility index (Phi) is 15.7. The Bertz CT molecular complexity index is 2150. The number of fused-ring (bicyclic) bond motifs is 1. The number of guanidine groups is 1. The fourth-order valence-electron chi connectivity index (χ4n) is 6.71. The maximum atomic E-state index is 14.3. The number of benzene rings is 2. The summed E-state index contributed by atoms with van der Waals surface area (Å²) in [5.74, 6) is -5.17. The fourth-order valence-corrected chi connectivity index (χ4v) is 6.71. The highest BCUT2D eigenvalue weighted by molar-refractivity contribution is 5.97. The molecule has 318 valence electrons. The van der Waals surface area contributed by atoms with E-state index in [-0.39, 0.29) is 70.4 Å². The Hall–Kier alpha value is -7.25. The molecule has 7 amide bonds. The monoisotopic (exact) mass is 825 g/mol. The van der Waals surface area contributed by atoms with Crippen LogP contribution in [0, 0.1) is 0 Å². The number of nitrogens with zero attached hydrogens (tertiary/aromatic N) is 2. The van der Waals surface area contributed by atoms with Gasteiger partial charge in [0.1, 0.15) is 30.2 Å². The van der Waals surface area contributed by atoms with E-state index in [1.165, 1.54) is 12.5 Å².